The van der Waals surface area contributed by atoms with Crippen LogP contribution in [0.1, 0.15) is 30.4 Å². The van der Waals surface area contributed by atoms with Gasteiger partial charge in [0.15, 0.2) is 0 Å². The van der Waals surface area contributed by atoms with E-state index in [1.54, 1.807) is 0 Å². The standard InChI is InChI=1S/C43H42N2O6/c1-2-3-8-36-38(37-23-43-31(6-4-9-39(36)43)7-5-10-40(37)43)24-44-45(32-17-11-29(12-18-32)15-21-41(46)50-27-34-25-48-34)33-19-13-30(14-20-33)16-22-42(47)51-28-35-26-49-35/h2-14,17-20,24,34-35,37,40H,1,15-16,21-23,25-28H2/b8-3-,44-24?. The summed E-state index contributed by atoms with van der Waals surface area (Å²) in [5, 5.41) is 7.16. The lowest BCUT2D eigenvalue weighted by Gasteiger charge is -2.62. The number of allylic oxidation sites excluding steroid dienone is 13. The largest absolute Gasteiger partial charge is 0.463 e. The van der Waals surface area contributed by atoms with E-state index in [1.165, 1.54) is 22.3 Å². The molecule has 5 atom stereocenters. The minimum atomic E-state index is -0.216. The Kier molecular flexibility index (Phi) is 9.28. The van der Waals surface area contributed by atoms with Gasteiger partial charge in [0.05, 0.1) is 30.8 Å². The lowest BCUT2D eigenvalue weighted by Crippen LogP contribution is -2.55. The molecule has 1 saturated carbocycles. The molecule has 8 heteroatoms. The van der Waals surface area contributed by atoms with Crippen LogP contribution in [0.25, 0.3) is 0 Å². The quantitative estimate of drug-likeness (QED) is 0.0607. The molecule has 2 heterocycles. The SMILES string of the molecule is C=C/C=C\C1=C(C=NN(c2ccc(CCC(=O)OCC3CO3)cc2)c2ccc(CCC(=O)OCC3CO3)cc2)C2CC34C(=CC=CC23)C=CC=C14. The van der Waals surface area contributed by atoms with Crippen LogP contribution < -0.4 is 5.01 Å². The average molecular weight is 683 g/mol. The molecule has 3 fully saturated rings. The predicted molar refractivity (Wildman–Crippen MR) is 196 cm³/mol. The Morgan fingerprint density at radius 1 is 0.882 bits per heavy atom. The van der Waals surface area contributed by atoms with Crippen LogP contribution in [0.4, 0.5) is 11.4 Å². The minimum absolute atomic E-state index is 0.0356. The number of hydrazone groups is 1. The fraction of sp³-hybridized carbons (Fsp3) is 0.326. The van der Waals surface area contributed by atoms with E-state index >= 15 is 0 Å². The molecule has 0 amide bonds. The second-order valence-electron chi connectivity index (χ2n) is 13.9. The van der Waals surface area contributed by atoms with E-state index in [0.29, 0.717) is 63.9 Å². The number of carbonyl (C=O) groups is 2. The molecule has 51 heavy (non-hydrogen) atoms. The maximum absolute atomic E-state index is 12.2. The van der Waals surface area contributed by atoms with E-state index in [0.717, 1.165) is 28.9 Å². The molecule has 2 bridgehead atoms. The van der Waals surface area contributed by atoms with Crippen LogP contribution in [0.3, 0.4) is 0 Å². The number of rotatable bonds is 16. The highest BCUT2D eigenvalue weighted by Crippen LogP contribution is 2.69. The second kappa shape index (κ2) is 14.3. The summed E-state index contributed by atoms with van der Waals surface area (Å²) < 4.78 is 20.9. The highest BCUT2D eigenvalue weighted by Gasteiger charge is 2.61. The third-order valence-corrected chi connectivity index (χ3v) is 10.6. The zero-order valence-corrected chi connectivity index (χ0v) is 28.6. The number of epoxide rings is 2. The van der Waals surface area contributed by atoms with Crippen LogP contribution in [0, 0.1) is 17.3 Å². The fourth-order valence-corrected chi connectivity index (χ4v) is 7.73. The molecule has 2 aromatic carbocycles. The molecule has 8 nitrogen and oxygen atoms in total. The van der Waals surface area contributed by atoms with Crippen LogP contribution in [-0.2, 0) is 41.4 Å². The first kappa shape index (κ1) is 33.1. The van der Waals surface area contributed by atoms with E-state index < -0.39 is 0 Å². The number of nitrogens with zero attached hydrogens (tertiary/aromatic N) is 2. The van der Waals surface area contributed by atoms with E-state index in [1.807, 2.05) is 71.9 Å². The Labute approximate surface area is 298 Å². The van der Waals surface area contributed by atoms with Gasteiger partial charge in [-0.2, -0.15) is 5.10 Å². The van der Waals surface area contributed by atoms with Gasteiger partial charge in [0.1, 0.15) is 25.4 Å². The molecule has 5 aliphatic carbocycles. The van der Waals surface area contributed by atoms with Gasteiger partial charge in [0, 0.05) is 18.3 Å². The molecule has 2 aliphatic heterocycles. The normalized spacial score (nSPS) is 26.3. The van der Waals surface area contributed by atoms with Gasteiger partial charge in [-0.15, -0.1) is 0 Å². The summed E-state index contributed by atoms with van der Waals surface area (Å²) in [6.45, 7) is 5.93. The van der Waals surface area contributed by atoms with Crippen molar-refractivity contribution in [1.29, 1.82) is 0 Å². The van der Waals surface area contributed by atoms with Crippen molar-refractivity contribution in [3.63, 3.8) is 0 Å². The molecule has 1 spiro atoms. The van der Waals surface area contributed by atoms with Crippen molar-refractivity contribution in [3.05, 3.63) is 143 Å². The fourth-order valence-electron chi connectivity index (χ4n) is 7.73. The van der Waals surface area contributed by atoms with Crippen molar-refractivity contribution in [3.8, 4) is 0 Å². The van der Waals surface area contributed by atoms with E-state index in [2.05, 4.69) is 49.1 Å². The maximum Gasteiger partial charge on any atom is 0.306 e. The highest BCUT2D eigenvalue weighted by molar-refractivity contribution is 5.88. The Bertz CT molecular complexity index is 1830. The van der Waals surface area contributed by atoms with Gasteiger partial charge in [-0.25, -0.2) is 5.01 Å². The molecule has 7 aliphatic rings. The third-order valence-electron chi connectivity index (χ3n) is 10.6. The smallest absolute Gasteiger partial charge is 0.306 e. The second-order valence-corrected chi connectivity index (χ2v) is 13.9. The summed E-state index contributed by atoms with van der Waals surface area (Å²) in [4.78, 5) is 24.5. The summed E-state index contributed by atoms with van der Waals surface area (Å²) >= 11 is 0. The number of anilines is 2. The number of ether oxygens (including phenoxy) is 4. The Hall–Kier alpha value is -5.05. The molecule has 260 valence electrons. The lowest BCUT2D eigenvalue weighted by atomic mass is 9.40. The van der Waals surface area contributed by atoms with Gasteiger partial charge < -0.3 is 18.9 Å². The molecule has 9 rings (SSSR count). The lowest BCUT2D eigenvalue weighted by molar-refractivity contribution is -0.144. The Morgan fingerprint density at radius 3 is 2.06 bits per heavy atom. The van der Waals surface area contributed by atoms with Crippen LogP contribution >= 0.6 is 0 Å². The number of benzene rings is 2. The third kappa shape index (κ3) is 6.99. The molecule has 0 aromatic heterocycles. The zero-order chi connectivity index (χ0) is 34.8. The van der Waals surface area contributed by atoms with Gasteiger partial charge in [-0.05, 0) is 88.8 Å². The average Bonchev–Trinajstić information content (AvgIpc) is 4.09. The predicted octanol–water partition coefficient (Wildman–Crippen LogP) is 7.23. The van der Waals surface area contributed by atoms with Gasteiger partial charge in [-0.3, -0.25) is 9.59 Å². The van der Waals surface area contributed by atoms with Crippen molar-refractivity contribution >= 4 is 29.5 Å². The summed E-state index contributed by atoms with van der Waals surface area (Å²) in [6, 6.07) is 16.3. The maximum atomic E-state index is 12.2. The van der Waals surface area contributed by atoms with Gasteiger partial charge >= 0.3 is 11.9 Å². The summed E-state index contributed by atoms with van der Waals surface area (Å²) in [5.74, 6) is 0.320. The molecule has 0 radical (unpaired) electrons. The van der Waals surface area contributed by atoms with Crippen LogP contribution in [-0.4, -0.2) is 56.8 Å². The highest BCUT2D eigenvalue weighted by atomic mass is 16.6. The Balaban J connectivity index is 1.06. The van der Waals surface area contributed by atoms with E-state index in [4.69, 9.17) is 24.0 Å². The van der Waals surface area contributed by atoms with E-state index in [-0.39, 0.29) is 29.6 Å². The summed E-state index contributed by atoms with van der Waals surface area (Å²) in [5.41, 5.74) is 9.08. The molecular weight excluding hydrogens is 640 g/mol. The van der Waals surface area contributed by atoms with Gasteiger partial charge in [0.2, 0.25) is 0 Å². The molecule has 2 saturated heterocycles. The van der Waals surface area contributed by atoms with Gasteiger partial charge in [0.25, 0.3) is 0 Å². The first-order chi connectivity index (χ1) is 25.0. The topological polar surface area (TPSA) is 93.3 Å². The number of hydrogen-bond acceptors (Lipinski definition) is 8. The molecule has 5 unspecified atom stereocenters. The number of esters is 2. The van der Waals surface area contributed by atoms with Crippen molar-refractivity contribution in [2.24, 2.45) is 22.4 Å². The molecular formula is C43H42N2O6. The van der Waals surface area contributed by atoms with Gasteiger partial charge in [-0.1, -0.05) is 85.5 Å². The Morgan fingerprint density at radius 2 is 1.49 bits per heavy atom. The number of hydrogen-bond donors (Lipinski definition) is 0. The first-order valence-electron chi connectivity index (χ1n) is 17.9. The van der Waals surface area contributed by atoms with Crippen molar-refractivity contribution in [2.75, 3.05) is 31.4 Å². The number of aryl methyl sites for hydroxylation is 2. The molecule has 0 N–H and O–H groups in total. The number of carbonyl (C=O) groups excluding carboxylic acids is 2. The van der Waals surface area contributed by atoms with Crippen molar-refractivity contribution in [2.45, 2.75) is 44.3 Å². The summed E-state index contributed by atoms with van der Waals surface area (Å²) in [7, 11) is 0. The minimum Gasteiger partial charge on any atom is -0.463 e. The van der Waals surface area contributed by atoms with Crippen molar-refractivity contribution < 1.29 is 28.5 Å². The van der Waals surface area contributed by atoms with Crippen LogP contribution in [0.5, 0.6) is 0 Å². The van der Waals surface area contributed by atoms with Crippen molar-refractivity contribution in [1.82, 2.24) is 0 Å². The van der Waals surface area contributed by atoms with E-state index in [9.17, 15) is 9.59 Å². The zero-order valence-electron chi connectivity index (χ0n) is 28.6. The van der Waals surface area contributed by atoms with Crippen LogP contribution in [0.15, 0.2) is 137 Å². The summed E-state index contributed by atoms with van der Waals surface area (Å²) in [6.07, 6.45) is 24.6. The monoisotopic (exact) mass is 682 g/mol. The molecule has 2 aromatic rings. The van der Waals surface area contributed by atoms with Crippen LogP contribution in [0.2, 0.25) is 0 Å². The first-order valence-corrected chi connectivity index (χ1v) is 17.9.